The molecule has 120 valence electrons. The minimum Gasteiger partial charge on any atom is -0.462 e. The predicted octanol–water partition coefficient (Wildman–Crippen LogP) is -0.452. The van der Waals surface area contributed by atoms with Crippen molar-refractivity contribution in [3.63, 3.8) is 0 Å². The van der Waals surface area contributed by atoms with E-state index in [0.29, 0.717) is 0 Å². The van der Waals surface area contributed by atoms with Gasteiger partial charge in [0.05, 0.1) is 4.92 Å². The molecule has 1 aromatic rings. The Hall–Kier alpha value is -2.14. The molecule has 2 rings (SSSR count). The first-order chi connectivity index (χ1) is 10.4. The van der Waals surface area contributed by atoms with Crippen molar-refractivity contribution in [3.05, 3.63) is 39.3 Å². The summed E-state index contributed by atoms with van der Waals surface area (Å²) in [5.41, 5.74) is -0.143. The van der Waals surface area contributed by atoms with E-state index in [0.717, 1.165) is 0 Å². The smallest absolute Gasteiger partial charge is 0.269 e. The molecule has 1 fully saturated rings. The molecule has 10 heteroatoms. The van der Waals surface area contributed by atoms with Crippen LogP contribution in [0.15, 0.2) is 29.4 Å². The highest BCUT2D eigenvalue weighted by Gasteiger charge is 2.45. The van der Waals surface area contributed by atoms with Gasteiger partial charge >= 0.3 is 0 Å². The Morgan fingerprint density at radius 3 is 2.36 bits per heavy atom. The summed E-state index contributed by atoms with van der Waals surface area (Å²) in [7, 11) is 0. The minimum atomic E-state index is -1.58. The number of nitroso groups, excluding NO2 is 1. The molecular weight excluding hydrogens is 300 g/mol. The number of nitro benzene ring substituents is 1. The van der Waals surface area contributed by atoms with Crippen LogP contribution < -0.4 is 4.74 Å². The average Bonchev–Trinajstić information content (AvgIpc) is 2.50. The van der Waals surface area contributed by atoms with E-state index in [1.54, 1.807) is 0 Å². The zero-order chi connectivity index (χ0) is 16.3. The quantitative estimate of drug-likeness (QED) is 0.375. The number of hydrogen-bond donors (Lipinski definition) is 3. The topological polar surface area (TPSA) is 152 Å². The molecule has 0 aliphatic carbocycles. The summed E-state index contributed by atoms with van der Waals surface area (Å²) in [6.45, 7) is -0.426. The fraction of sp³-hybridized carbons (Fsp3) is 0.500. The maximum absolute atomic E-state index is 10.5. The van der Waals surface area contributed by atoms with Crippen LogP contribution >= 0.6 is 0 Å². The maximum Gasteiger partial charge on any atom is 0.269 e. The highest BCUT2D eigenvalue weighted by atomic mass is 16.7. The Morgan fingerprint density at radius 1 is 1.18 bits per heavy atom. The van der Waals surface area contributed by atoms with Gasteiger partial charge in [0.2, 0.25) is 6.29 Å². The summed E-state index contributed by atoms with van der Waals surface area (Å²) in [5, 5.41) is 42.3. The Labute approximate surface area is 124 Å². The van der Waals surface area contributed by atoms with Crippen LogP contribution in [0, 0.1) is 15.0 Å². The summed E-state index contributed by atoms with van der Waals surface area (Å²) < 4.78 is 10.5. The van der Waals surface area contributed by atoms with Crippen LogP contribution in [0.5, 0.6) is 5.75 Å². The molecule has 1 saturated heterocycles. The summed E-state index contributed by atoms with van der Waals surface area (Å²) in [6, 6.07) is 4.97. The number of rotatable bonds is 5. The molecule has 0 radical (unpaired) electrons. The van der Waals surface area contributed by atoms with Gasteiger partial charge in [-0.1, -0.05) is 5.18 Å². The average molecular weight is 314 g/mol. The lowest BCUT2D eigenvalue weighted by molar-refractivity contribution is -0.384. The summed E-state index contributed by atoms with van der Waals surface area (Å²) in [6.07, 6.45) is -7.10. The highest BCUT2D eigenvalue weighted by molar-refractivity contribution is 5.36. The molecule has 0 aromatic heterocycles. The fourth-order valence-electron chi connectivity index (χ4n) is 2.02. The Kier molecular flexibility index (Phi) is 4.98. The van der Waals surface area contributed by atoms with Crippen molar-refractivity contribution < 1.29 is 29.7 Å². The van der Waals surface area contributed by atoms with Gasteiger partial charge < -0.3 is 24.8 Å². The molecule has 3 N–H and O–H groups in total. The van der Waals surface area contributed by atoms with Crippen LogP contribution in [0.25, 0.3) is 0 Å². The minimum absolute atomic E-state index is 0.143. The monoisotopic (exact) mass is 314 g/mol. The van der Waals surface area contributed by atoms with Gasteiger partial charge in [0.25, 0.3) is 5.69 Å². The lowest BCUT2D eigenvalue weighted by Gasteiger charge is -2.39. The number of nitrogens with zero attached hydrogens (tertiary/aromatic N) is 2. The number of aliphatic hydroxyl groups is 3. The van der Waals surface area contributed by atoms with Crippen molar-refractivity contribution in [2.75, 3.05) is 6.54 Å². The second kappa shape index (κ2) is 6.75. The van der Waals surface area contributed by atoms with Gasteiger partial charge in [-0.15, -0.1) is 0 Å². The lowest BCUT2D eigenvalue weighted by atomic mass is 9.99. The SMILES string of the molecule is O=NC[C@H]1O[C@H](Oc2ccc([N+](=O)[O-])cc2)[C@H](O)[C@@H](O)[C@H]1O. The molecule has 1 aliphatic rings. The van der Waals surface area contributed by atoms with Crippen LogP contribution in [0.3, 0.4) is 0 Å². The number of benzene rings is 1. The molecule has 1 aliphatic heterocycles. The first-order valence-electron chi connectivity index (χ1n) is 6.34. The van der Waals surface area contributed by atoms with E-state index in [4.69, 9.17) is 9.47 Å². The Morgan fingerprint density at radius 2 is 1.82 bits per heavy atom. The van der Waals surface area contributed by atoms with Crippen LogP contribution in [0.4, 0.5) is 5.69 Å². The summed E-state index contributed by atoms with van der Waals surface area (Å²) >= 11 is 0. The molecule has 0 spiro atoms. The van der Waals surface area contributed by atoms with E-state index >= 15 is 0 Å². The number of hydrogen-bond acceptors (Lipinski definition) is 9. The third-order valence-corrected chi connectivity index (χ3v) is 3.22. The molecule has 0 saturated carbocycles. The van der Waals surface area contributed by atoms with Gasteiger partial charge in [0.15, 0.2) is 0 Å². The lowest BCUT2D eigenvalue weighted by Crippen LogP contribution is -2.59. The van der Waals surface area contributed by atoms with Gasteiger partial charge in [-0.05, 0) is 12.1 Å². The molecule has 10 nitrogen and oxygen atoms in total. The maximum atomic E-state index is 10.5. The number of non-ortho nitro benzene ring substituents is 1. The zero-order valence-corrected chi connectivity index (χ0v) is 11.2. The molecule has 1 aromatic carbocycles. The molecular formula is C12H14N2O8. The number of ether oxygens (including phenoxy) is 2. The van der Waals surface area contributed by atoms with Crippen molar-refractivity contribution in [2.45, 2.75) is 30.7 Å². The third kappa shape index (κ3) is 3.36. The van der Waals surface area contributed by atoms with Crippen molar-refractivity contribution in [2.24, 2.45) is 5.18 Å². The first-order valence-corrected chi connectivity index (χ1v) is 6.34. The second-order valence-corrected chi connectivity index (χ2v) is 4.70. The van der Waals surface area contributed by atoms with Crippen LogP contribution in [-0.4, -0.2) is 57.5 Å². The van der Waals surface area contributed by atoms with Crippen LogP contribution in [0.2, 0.25) is 0 Å². The first kappa shape index (κ1) is 16.2. The molecule has 22 heavy (non-hydrogen) atoms. The molecule has 0 amide bonds. The van der Waals surface area contributed by atoms with Gasteiger partial charge in [0, 0.05) is 12.1 Å². The van der Waals surface area contributed by atoms with Crippen molar-refractivity contribution >= 4 is 5.69 Å². The van der Waals surface area contributed by atoms with E-state index in [2.05, 4.69) is 5.18 Å². The predicted molar refractivity (Wildman–Crippen MR) is 71.1 cm³/mol. The van der Waals surface area contributed by atoms with Crippen molar-refractivity contribution in [3.8, 4) is 5.75 Å². The van der Waals surface area contributed by atoms with Crippen molar-refractivity contribution in [1.82, 2.24) is 0 Å². The van der Waals surface area contributed by atoms with E-state index in [-0.39, 0.29) is 11.4 Å². The number of aliphatic hydroxyl groups excluding tert-OH is 3. The molecule has 1 heterocycles. The van der Waals surface area contributed by atoms with E-state index in [1.807, 2.05) is 0 Å². The molecule has 0 unspecified atom stereocenters. The van der Waals surface area contributed by atoms with E-state index in [9.17, 15) is 30.3 Å². The largest absolute Gasteiger partial charge is 0.462 e. The summed E-state index contributed by atoms with van der Waals surface area (Å²) in [5.74, 6) is 0.149. The Balaban J connectivity index is 2.09. The van der Waals surface area contributed by atoms with E-state index < -0.39 is 42.2 Å². The molecule has 5 atom stereocenters. The second-order valence-electron chi connectivity index (χ2n) is 4.70. The fourth-order valence-corrected chi connectivity index (χ4v) is 2.02. The van der Waals surface area contributed by atoms with Crippen LogP contribution in [-0.2, 0) is 4.74 Å². The van der Waals surface area contributed by atoms with E-state index in [1.165, 1.54) is 24.3 Å². The third-order valence-electron chi connectivity index (χ3n) is 3.22. The van der Waals surface area contributed by atoms with Crippen molar-refractivity contribution in [1.29, 1.82) is 0 Å². The normalized spacial score (nSPS) is 31.5. The van der Waals surface area contributed by atoms with Crippen LogP contribution in [0.1, 0.15) is 0 Å². The van der Waals surface area contributed by atoms with Gasteiger partial charge in [-0.2, -0.15) is 4.91 Å². The highest BCUT2D eigenvalue weighted by Crippen LogP contribution is 2.25. The summed E-state index contributed by atoms with van der Waals surface area (Å²) in [4.78, 5) is 20.2. The Bertz CT molecular complexity index is 536. The number of nitro groups is 1. The van der Waals surface area contributed by atoms with Gasteiger partial charge in [-0.25, -0.2) is 0 Å². The van der Waals surface area contributed by atoms with Gasteiger partial charge in [-0.3, -0.25) is 10.1 Å². The zero-order valence-electron chi connectivity index (χ0n) is 11.2. The molecule has 0 bridgehead atoms. The standard InChI is InChI=1S/C12H14N2O8/c15-9-8(5-13-18)22-12(11(17)10(9)16)21-7-3-1-6(2-4-7)14(19)20/h1-4,8-12,15-17H,5H2/t8-,9+,10+,11-,12+/m1/s1. The van der Waals surface area contributed by atoms with Gasteiger partial charge in [0.1, 0.15) is 36.7 Å².